The van der Waals surface area contributed by atoms with Gasteiger partial charge in [0.1, 0.15) is 0 Å². The molecule has 29 heavy (non-hydrogen) atoms. The van der Waals surface area contributed by atoms with Gasteiger partial charge in [-0.2, -0.15) is 0 Å². The highest BCUT2D eigenvalue weighted by Crippen LogP contribution is 2.23. The van der Waals surface area contributed by atoms with Crippen molar-refractivity contribution in [3.8, 4) is 0 Å². The van der Waals surface area contributed by atoms with Gasteiger partial charge >= 0.3 is 17.8 Å². The van der Waals surface area contributed by atoms with Crippen molar-refractivity contribution in [2.75, 3.05) is 12.4 Å². The lowest BCUT2D eigenvalue weighted by molar-refractivity contribution is -0.143. The SMILES string of the molecule is CN1C(=O)C(=O)N(Cc2ccc(C(=O)Nc3ccc(C(C)(C)C)cc3)cc2)C1=O. The van der Waals surface area contributed by atoms with Crippen molar-refractivity contribution in [2.24, 2.45) is 0 Å². The monoisotopic (exact) mass is 393 g/mol. The fraction of sp³-hybridized carbons (Fsp3) is 0.273. The molecule has 0 unspecified atom stereocenters. The molecule has 7 heteroatoms. The van der Waals surface area contributed by atoms with Crippen LogP contribution in [0.2, 0.25) is 0 Å². The number of rotatable bonds is 4. The van der Waals surface area contributed by atoms with Gasteiger partial charge in [-0.05, 0) is 40.8 Å². The van der Waals surface area contributed by atoms with Gasteiger partial charge in [0.25, 0.3) is 5.91 Å². The Balaban J connectivity index is 1.65. The van der Waals surface area contributed by atoms with Gasteiger partial charge in [-0.1, -0.05) is 45.0 Å². The largest absolute Gasteiger partial charge is 0.334 e. The highest BCUT2D eigenvalue weighted by atomic mass is 16.2. The molecule has 0 radical (unpaired) electrons. The van der Waals surface area contributed by atoms with Crippen molar-refractivity contribution >= 4 is 29.4 Å². The Labute approximate surface area is 169 Å². The van der Waals surface area contributed by atoms with E-state index in [9.17, 15) is 19.2 Å². The lowest BCUT2D eigenvalue weighted by Gasteiger charge is -2.19. The Morgan fingerprint density at radius 3 is 1.97 bits per heavy atom. The first-order chi connectivity index (χ1) is 13.6. The summed E-state index contributed by atoms with van der Waals surface area (Å²) in [6.07, 6.45) is 0. The highest BCUT2D eigenvalue weighted by molar-refractivity contribution is 6.44. The predicted molar refractivity (Wildman–Crippen MR) is 108 cm³/mol. The minimum absolute atomic E-state index is 0.0239. The van der Waals surface area contributed by atoms with E-state index in [4.69, 9.17) is 0 Å². The number of amides is 5. The van der Waals surface area contributed by atoms with Gasteiger partial charge in [-0.25, -0.2) is 4.79 Å². The first kappa shape index (κ1) is 20.3. The Bertz CT molecular complexity index is 973. The van der Waals surface area contributed by atoms with Crippen molar-refractivity contribution in [1.82, 2.24) is 9.80 Å². The van der Waals surface area contributed by atoms with Crippen LogP contribution in [-0.4, -0.2) is 40.6 Å². The van der Waals surface area contributed by atoms with E-state index < -0.39 is 17.8 Å². The average molecular weight is 393 g/mol. The molecule has 1 N–H and O–H groups in total. The van der Waals surface area contributed by atoms with Crippen LogP contribution in [-0.2, 0) is 21.5 Å². The van der Waals surface area contributed by atoms with E-state index in [-0.39, 0.29) is 17.9 Å². The fourth-order valence-electron chi connectivity index (χ4n) is 2.95. The van der Waals surface area contributed by atoms with Gasteiger partial charge < -0.3 is 5.32 Å². The first-order valence-electron chi connectivity index (χ1n) is 9.22. The van der Waals surface area contributed by atoms with Gasteiger partial charge in [0.05, 0.1) is 6.54 Å². The number of carbonyl (C=O) groups excluding carboxylic acids is 4. The third-order valence-electron chi connectivity index (χ3n) is 4.82. The Hall–Kier alpha value is -3.48. The Morgan fingerprint density at radius 2 is 1.48 bits per heavy atom. The molecule has 3 rings (SSSR count). The average Bonchev–Trinajstić information content (AvgIpc) is 2.86. The minimum atomic E-state index is -0.849. The number of hydrogen-bond donors (Lipinski definition) is 1. The van der Waals surface area contributed by atoms with E-state index >= 15 is 0 Å². The minimum Gasteiger partial charge on any atom is -0.322 e. The Kier molecular flexibility index (Phi) is 5.24. The number of carbonyl (C=O) groups is 4. The number of hydrogen-bond acceptors (Lipinski definition) is 4. The molecule has 1 heterocycles. The molecule has 1 aliphatic heterocycles. The normalized spacial score (nSPS) is 14.6. The van der Waals surface area contributed by atoms with E-state index in [1.807, 2.05) is 24.3 Å². The number of likely N-dealkylation sites (N-methyl/N-ethyl adjacent to an activating group) is 1. The molecule has 1 aliphatic rings. The molecule has 1 saturated heterocycles. The summed E-state index contributed by atoms with van der Waals surface area (Å²) in [5.41, 5.74) is 2.99. The van der Waals surface area contributed by atoms with Crippen molar-refractivity contribution in [1.29, 1.82) is 0 Å². The zero-order valence-electron chi connectivity index (χ0n) is 16.9. The summed E-state index contributed by atoms with van der Waals surface area (Å²) in [7, 11) is 1.27. The molecule has 1 fully saturated rings. The molecule has 2 aromatic rings. The number of nitrogens with one attached hydrogen (secondary N) is 1. The molecule has 2 aromatic carbocycles. The molecule has 150 valence electrons. The van der Waals surface area contributed by atoms with Gasteiger partial charge in [-0.3, -0.25) is 24.2 Å². The van der Waals surface area contributed by atoms with Gasteiger partial charge in [0.2, 0.25) is 0 Å². The highest BCUT2D eigenvalue weighted by Gasteiger charge is 2.41. The van der Waals surface area contributed by atoms with Gasteiger partial charge in [0.15, 0.2) is 0 Å². The van der Waals surface area contributed by atoms with Crippen LogP contribution < -0.4 is 5.32 Å². The molecule has 0 atom stereocenters. The third-order valence-corrected chi connectivity index (χ3v) is 4.82. The Morgan fingerprint density at radius 1 is 0.897 bits per heavy atom. The van der Waals surface area contributed by atoms with E-state index in [2.05, 4.69) is 26.1 Å². The third kappa shape index (κ3) is 4.18. The second kappa shape index (κ2) is 7.50. The van der Waals surface area contributed by atoms with Crippen LogP contribution in [0.3, 0.4) is 0 Å². The van der Waals surface area contributed by atoms with Crippen LogP contribution in [0.5, 0.6) is 0 Å². The summed E-state index contributed by atoms with van der Waals surface area (Å²) in [4.78, 5) is 49.5. The maximum absolute atomic E-state index is 12.5. The molecule has 5 amide bonds. The lowest BCUT2D eigenvalue weighted by atomic mass is 9.87. The van der Waals surface area contributed by atoms with Crippen LogP contribution in [0.15, 0.2) is 48.5 Å². The van der Waals surface area contributed by atoms with Crippen LogP contribution in [0.4, 0.5) is 10.5 Å². The molecule has 0 bridgehead atoms. The van der Waals surface area contributed by atoms with Crippen LogP contribution in [0.25, 0.3) is 0 Å². The van der Waals surface area contributed by atoms with Crippen LogP contribution in [0.1, 0.15) is 42.3 Å². The number of imide groups is 2. The molecular formula is C22H23N3O4. The predicted octanol–water partition coefficient (Wildman–Crippen LogP) is 3.16. The molecule has 0 saturated carbocycles. The summed E-state index contributed by atoms with van der Waals surface area (Å²) >= 11 is 0. The summed E-state index contributed by atoms with van der Waals surface area (Å²) < 4.78 is 0. The molecule has 0 aromatic heterocycles. The molecule has 7 nitrogen and oxygen atoms in total. The van der Waals surface area contributed by atoms with Gasteiger partial charge in [-0.15, -0.1) is 0 Å². The van der Waals surface area contributed by atoms with Crippen molar-refractivity contribution in [3.63, 3.8) is 0 Å². The van der Waals surface area contributed by atoms with E-state index in [0.29, 0.717) is 16.8 Å². The standard InChI is InChI=1S/C22H23N3O4/c1-22(2,3)16-9-11-17(12-10-16)23-18(26)15-7-5-14(6-8-15)13-25-20(28)19(27)24(4)21(25)29/h5-12H,13H2,1-4H3,(H,23,26). The summed E-state index contributed by atoms with van der Waals surface area (Å²) in [5.74, 6) is -1.95. The zero-order valence-corrected chi connectivity index (χ0v) is 16.9. The number of nitrogens with zero attached hydrogens (tertiary/aromatic N) is 2. The second-order valence-corrected chi connectivity index (χ2v) is 8.02. The molecule has 0 spiro atoms. The summed E-state index contributed by atoms with van der Waals surface area (Å²) in [6.45, 7) is 6.35. The zero-order chi connectivity index (χ0) is 21.3. The molecular weight excluding hydrogens is 370 g/mol. The van der Waals surface area contributed by atoms with Crippen molar-refractivity contribution in [2.45, 2.75) is 32.7 Å². The van der Waals surface area contributed by atoms with Crippen LogP contribution in [0, 0.1) is 0 Å². The van der Waals surface area contributed by atoms with E-state index in [1.165, 1.54) is 12.6 Å². The lowest BCUT2D eigenvalue weighted by Crippen LogP contribution is -2.31. The fourth-order valence-corrected chi connectivity index (χ4v) is 2.95. The number of benzene rings is 2. The van der Waals surface area contributed by atoms with E-state index in [0.717, 1.165) is 9.80 Å². The summed E-state index contributed by atoms with van der Waals surface area (Å²) in [5, 5.41) is 2.85. The van der Waals surface area contributed by atoms with E-state index in [1.54, 1.807) is 24.3 Å². The quantitative estimate of drug-likeness (QED) is 0.639. The first-order valence-corrected chi connectivity index (χ1v) is 9.22. The number of urea groups is 1. The smallest absolute Gasteiger partial charge is 0.322 e. The summed E-state index contributed by atoms with van der Waals surface area (Å²) in [6, 6.07) is 13.6. The van der Waals surface area contributed by atoms with Crippen molar-refractivity contribution in [3.05, 3.63) is 65.2 Å². The number of anilines is 1. The van der Waals surface area contributed by atoms with Crippen LogP contribution >= 0.6 is 0 Å². The molecule has 0 aliphatic carbocycles. The second-order valence-electron chi connectivity index (χ2n) is 8.02. The maximum Gasteiger partial charge on any atom is 0.334 e. The van der Waals surface area contributed by atoms with Crippen molar-refractivity contribution < 1.29 is 19.2 Å². The topological polar surface area (TPSA) is 86.8 Å². The maximum atomic E-state index is 12.5. The van der Waals surface area contributed by atoms with Gasteiger partial charge in [0, 0.05) is 18.3 Å².